The molecule has 1 aromatic rings. The molecular formula is C15H23FN2O3. The molecule has 118 valence electrons. The SMILES string of the molecule is OCC(O)CNc1cc(F)ccc1NC1CCC(O)CC1. The molecule has 1 aliphatic carbocycles. The maximum atomic E-state index is 13.4. The van der Waals surface area contributed by atoms with Gasteiger partial charge in [0, 0.05) is 12.6 Å². The van der Waals surface area contributed by atoms with Gasteiger partial charge in [0.2, 0.25) is 0 Å². The predicted octanol–water partition coefficient (Wildman–Crippen LogP) is 1.31. The van der Waals surface area contributed by atoms with Gasteiger partial charge in [0.1, 0.15) is 5.82 Å². The molecule has 0 heterocycles. The monoisotopic (exact) mass is 298 g/mol. The lowest BCUT2D eigenvalue weighted by atomic mass is 9.93. The van der Waals surface area contributed by atoms with Gasteiger partial charge in [0.15, 0.2) is 0 Å². The molecule has 5 nitrogen and oxygen atoms in total. The minimum absolute atomic E-state index is 0.151. The molecule has 1 saturated carbocycles. The van der Waals surface area contributed by atoms with Crippen LogP contribution in [-0.2, 0) is 0 Å². The molecule has 21 heavy (non-hydrogen) atoms. The first-order valence-electron chi connectivity index (χ1n) is 7.35. The zero-order chi connectivity index (χ0) is 15.2. The Kier molecular flexibility index (Phi) is 5.78. The Labute approximate surface area is 123 Å². The summed E-state index contributed by atoms with van der Waals surface area (Å²) in [6.07, 6.45) is 2.18. The molecule has 1 aromatic carbocycles. The van der Waals surface area contributed by atoms with Crippen LogP contribution in [-0.4, -0.2) is 46.7 Å². The molecule has 1 atom stereocenters. The van der Waals surface area contributed by atoms with Crippen molar-refractivity contribution in [2.75, 3.05) is 23.8 Å². The summed E-state index contributed by atoms with van der Waals surface area (Å²) in [5.41, 5.74) is 1.33. The maximum absolute atomic E-state index is 13.4. The molecule has 2 rings (SSSR count). The van der Waals surface area contributed by atoms with Crippen molar-refractivity contribution in [3.05, 3.63) is 24.0 Å². The Bertz CT molecular complexity index is 451. The molecule has 0 aliphatic heterocycles. The van der Waals surface area contributed by atoms with Gasteiger partial charge in [0.05, 0.1) is 30.2 Å². The predicted molar refractivity (Wildman–Crippen MR) is 79.9 cm³/mol. The van der Waals surface area contributed by atoms with Crippen LogP contribution in [0.25, 0.3) is 0 Å². The van der Waals surface area contributed by atoms with Crippen LogP contribution in [0.15, 0.2) is 18.2 Å². The third kappa shape index (κ3) is 4.84. The molecule has 5 N–H and O–H groups in total. The largest absolute Gasteiger partial charge is 0.394 e. The van der Waals surface area contributed by atoms with Crippen molar-refractivity contribution in [3.63, 3.8) is 0 Å². The van der Waals surface area contributed by atoms with Gasteiger partial charge in [-0.2, -0.15) is 0 Å². The number of hydrogen-bond donors (Lipinski definition) is 5. The van der Waals surface area contributed by atoms with E-state index in [1.165, 1.54) is 12.1 Å². The van der Waals surface area contributed by atoms with Crippen LogP contribution in [0.2, 0.25) is 0 Å². The van der Waals surface area contributed by atoms with Gasteiger partial charge >= 0.3 is 0 Å². The summed E-state index contributed by atoms with van der Waals surface area (Å²) in [7, 11) is 0. The molecule has 1 fully saturated rings. The van der Waals surface area contributed by atoms with E-state index in [9.17, 15) is 14.6 Å². The molecule has 0 spiro atoms. The second kappa shape index (κ2) is 7.59. The molecule has 6 heteroatoms. The quantitative estimate of drug-likeness (QED) is 0.547. The van der Waals surface area contributed by atoms with E-state index in [0.717, 1.165) is 31.4 Å². The third-order valence-electron chi connectivity index (χ3n) is 3.78. The highest BCUT2D eigenvalue weighted by atomic mass is 19.1. The lowest BCUT2D eigenvalue weighted by Crippen LogP contribution is -2.29. The lowest BCUT2D eigenvalue weighted by Gasteiger charge is -2.28. The van der Waals surface area contributed by atoms with Crippen LogP contribution in [0.3, 0.4) is 0 Å². The van der Waals surface area contributed by atoms with E-state index >= 15 is 0 Å². The first kappa shape index (κ1) is 16.0. The summed E-state index contributed by atoms with van der Waals surface area (Å²) in [5, 5.41) is 34.0. The number of rotatable bonds is 6. The molecule has 1 aliphatic rings. The smallest absolute Gasteiger partial charge is 0.125 e. The van der Waals surface area contributed by atoms with Crippen LogP contribution >= 0.6 is 0 Å². The van der Waals surface area contributed by atoms with Gasteiger partial charge in [-0.05, 0) is 43.9 Å². The van der Waals surface area contributed by atoms with Gasteiger partial charge in [-0.1, -0.05) is 0 Å². The molecule has 0 aromatic heterocycles. The van der Waals surface area contributed by atoms with Crippen molar-refractivity contribution in [3.8, 4) is 0 Å². The Balaban J connectivity index is 2.00. The van der Waals surface area contributed by atoms with Crippen molar-refractivity contribution in [1.82, 2.24) is 0 Å². The number of aliphatic hydroxyl groups excluding tert-OH is 3. The Hall–Kier alpha value is -1.37. The van der Waals surface area contributed by atoms with E-state index < -0.39 is 6.10 Å². The van der Waals surface area contributed by atoms with Crippen LogP contribution < -0.4 is 10.6 Å². The number of hydrogen-bond acceptors (Lipinski definition) is 5. The molecule has 0 amide bonds. The summed E-state index contributed by atoms with van der Waals surface area (Å²) in [5.74, 6) is -0.361. The zero-order valence-corrected chi connectivity index (χ0v) is 11.9. The van der Waals surface area contributed by atoms with Crippen LogP contribution in [0.4, 0.5) is 15.8 Å². The fourth-order valence-corrected chi connectivity index (χ4v) is 2.52. The lowest BCUT2D eigenvalue weighted by molar-refractivity contribution is 0.105. The van der Waals surface area contributed by atoms with Crippen molar-refractivity contribution in [2.24, 2.45) is 0 Å². The van der Waals surface area contributed by atoms with E-state index in [4.69, 9.17) is 5.11 Å². The highest BCUT2D eigenvalue weighted by Gasteiger charge is 2.20. The topological polar surface area (TPSA) is 84.8 Å². The second-order valence-corrected chi connectivity index (χ2v) is 5.56. The highest BCUT2D eigenvalue weighted by molar-refractivity contribution is 5.69. The van der Waals surface area contributed by atoms with E-state index in [1.54, 1.807) is 6.07 Å². The van der Waals surface area contributed by atoms with Gasteiger partial charge in [-0.25, -0.2) is 4.39 Å². The van der Waals surface area contributed by atoms with Crippen LogP contribution in [0, 0.1) is 5.82 Å². The molecule has 0 radical (unpaired) electrons. The molecule has 1 unspecified atom stereocenters. The van der Waals surface area contributed by atoms with Crippen molar-refractivity contribution < 1.29 is 19.7 Å². The number of anilines is 2. The summed E-state index contributed by atoms with van der Waals surface area (Å²) in [6.45, 7) is -0.191. The number of halogens is 1. The van der Waals surface area contributed by atoms with Crippen LogP contribution in [0.1, 0.15) is 25.7 Å². The Morgan fingerprint density at radius 1 is 1.19 bits per heavy atom. The third-order valence-corrected chi connectivity index (χ3v) is 3.78. The molecular weight excluding hydrogens is 275 g/mol. The second-order valence-electron chi connectivity index (χ2n) is 5.56. The van der Waals surface area contributed by atoms with E-state index in [1.807, 2.05) is 0 Å². The van der Waals surface area contributed by atoms with Crippen molar-refractivity contribution >= 4 is 11.4 Å². The Morgan fingerprint density at radius 2 is 1.90 bits per heavy atom. The number of benzene rings is 1. The van der Waals surface area contributed by atoms with Gasteiger partial charge < -0.3 is 26.0 Å². The van der Waals surface area contributed by atoms with E-state index in [2.05, 4.69) is 10.6 Å². The maximum Gasteiger partial charge on any atom is 0.125 e. The number of aliphatic hydroxyl groups is 3. The van der Waals surface area contributed by atoms with Gasteiger partial charge in [-0.3, -0.25) is 0 Å². The average molecular weight is 298 g/mol. The minimum atomic E-state index is -0.883. The molecule has 0 saturated heterocycles. The summed E-state index contributed by atoms with van der Waals surface area (Å²) in [6, 6.07) is 4.66. The normalized spacial score (nSPS) is 23.6. The minimum Gasteiger partial charge on any atom is -0.394 e. The summed E-state index contributed by atoms with van der Waals surface area (Å²) < 4.78 is 13.4. The fourth-order valence-electron chi connectivity index (χ4n) is 2.52. The van der Waals surface area contributed by atoms with Crippen LogP contribution in [0.5, 0.6) is 0 Å². The summed E-state index contributed by atoms with van der Waals surface area (Å²) in [4.78, 5) is 0. The van der Waals surface area contributed by atoms with E-state index in [-0.39, 0.29) is 31.1 Å². The Morgan fingerprint density at radius 3 is 2.57 bits per heavy atom. The van der Waals surface area contributed by atoms with Gasteiger partial charge in [-0.15, -0.1) is 0 Å². The fraction of sp³-hybridized carbons (Fsp3) is 0.600. The van der Waals surface area contributed by atoms with Crippen molar-refractivity contribution in [1.29, 1.82) is 0 Å². The molecule has 0 bridgehead atoms. The summed E-state index contributed by atoms with van der Waals surface area (Å²) >= 11 is 0. The first-order valence-corrected chi connectivity index (χ1v) is 7.35. The average Bonchev–Trinajstić information content (AvgIpc) is 2.49. The van der Waals surface area contributed by atoms with Gasteiger partial charge in [0.25, 0.3) is 0 Å². The van der Waals surface area contributed by atoms with E-state index in [0.29, 0.717) is 5.69 Å². The first-order chi connectivity index (χ1) is 10.1. The standard InChI is InChI=1S/C15H23FN2O3/c16-10-1-6-14(15(7-10)17-8-13(21)9-19)18-11-2-4-12(20)5-3-11/h1,6-7,11-13,17-21H,2-5,8-9H2. The highest BCUT2D eigenvalue weighted by Crippen LogP contribution is 2.27. The number of nitrogens with one attached hydrogen (secondary N) is 2. The van der Waals surface area contributed by atoms with Crippen molar-refractivity contribution in [2.45, 2.75) is 43.9 Å². The zero-order valence-electron chi connectivity index (χ0n) is 11.9.